The van der Waals surface area contributed by atoms with Crippen LogP contribution in [0.25, 0.3) is 22.3 Å². The Hall–Kier alpha value is -1.66. The average Bonchev–Trinajstić information content (AvgIpc) is 2.44. The van der Waals surface area contributed by atoms with Gasteiger partial charge in [-0.3, -0.25) is 4.79 Å². The highest BCUT2D eigenvalue weighted by molar-refractivity contribution is 9.11. The van der Waals surface area contributed by atoms with Crippen LogP contribution in [0.1, 0.15) is 0 Å². The first-order valence-electron chi connectivity index (χ1n) is 5.73. The number of aromatic nitrogens is 2. The molecule has 1 aromatic heterocycles. The van der Waals surface area contributed by atoms with Gasteiger partial charge in [0.05, 0.1) is 19.8 Å². The minimum atomic E-state index is -0.189. The van der Waals surface area contributed by atoms with E-state index in [-0.39, 0.29) is 11.3 Å². The molecule has 0 spiro atoms. The molecule has 0 radical (unpaired) electrons. The molecule has 0 unspecified atom stereocenters. The van der Waals surface area contributed by atoms with Crippen molar-refractivity contribution in [3.8, 4) is 17.1 Å². The number of aromatic amines is 1. The number of phenols is 1. The zero-order valence-corrected chi connectivity index (χ0v) is 13.2. The minimum Gasteiger partial charge on any atom is -0.506 e. The summed E-state index contributed by atoms with van der Waals surface area (Å²) < 4.78 is 1.05. The number of fused-ring (bicyclic) bond motifs is 1. The fraction of sp³-hybridized carbons (Fsp3) is 0. The van der Waals surface area contributed by atoms with Gasteiger partial charge in [0.15, 0.2) is 0 Å². The van der Waals surface area contributed by atoms with Crippen molar-refractivity contribution in [3.63, 3.8) is 0 Å². The summed E-state index contributed by atoms with van der Waals surface area (Å²) in [6.45, 7) is 0. The van der Waals surface area contributed by atoms with E-state index in [2.05, 4.69) is 41.8 Å². The molecule has 6 heteroatoms. The molecular weight excluding hydrogens is 388 g/mol. The van der Waals surface area contributed by atoms with Gasteiger partial charge in [-0.1, -0.05) is 12.1 Å². The van der Waals surface area contributed by atoms with Crippen molar-refractivity contribution in [2.75, 3.05) is 0 Å². The SMILES string of the molecule is O=c1[nH]c(-c2cc(Br)c(O)c(Br)c2)nc2ccccc12. The number of halogens is 2. The van der Waals surface area contributed by atoms with Gasteiger partial charge in [0.1, 0.15) is 11.6 Å². The van der Waals surface area contributed by atoms with Gasteiger partial charge in [-0.2, -0.15) is 0 Å². The third kappa shape index (κ3) is 2.25. The first kappa shape index (κ1) is 13.3. The molecule has 1 heterocycles. The number of nitrogens with zero attached hydrogens (tertiary/aromatic N) is 1. The monoisotopic (exact) mass is 394 g/mol. The molecule has 100 valence electrons. The summed E-state index contributed by atoms with van der Waals surface area (Å²) in [5, 5.41) is 10.3. The van der Waals surface area contributed by atoms with E-state index in [1.54, 1.807) is 30.3 Å². The average molecular weight is 396 g/mol. The Kier molecular flexibility index (Phi) is 3.35. The van der Waals surface area contributed by atoms with Crippen LogP contribution >= 0.6 is 31.9 Å². The van der Waals surface area contributed by atoms with Gasteiger partial charge in [0.25, 0.3) is 5.56 Å². The van der Waals surface area contributed by atoms with Crippen molar-refractivity contribution in [2.24, 2.45) is 0 Å². The number of rotatable bonds is 1. The Morgan fingerprint density at radius 2 is 1.75 bits per heavy atom. The van der Waals surface area contributed by atoms with Crippen LogP contribution in [0.4, 0.5) is 0 Å². The Morgan fingerprint density at radius 1 is 1.10 bits per heavy atom. The highest BCUT2D eigenvalue weighted by Crippen LogP contribution is 2.35. The van der Waals surface area contributed by atoms with Crippen LogP contribution in [0.5, 0.6) is 5.75 Å². The molecule has 0 atom stereocenters. The summed E-state index contributed by atoms with van der Waals surface area (Å²) in [7, 11) is 0. The van der Waals surface area contributed by atoms with E-state index in [1.165, 1.54) is 0 Å². The molecule has 2 N–H and O–H groups in total. The van der Waals surface area contributed by atoms with Crippen LogP contribution < -0.4 is 5.56 Å². The Balaban J connectivity index is 2.27. The highest BCUT2D eigenvalue weighted by atomic mass is 79.9. The lowest BCUT2D eigenvalue weighted by atomic mass is 10.2. The first-order valence-corrected chi connectivity index (χ1v) is 7.32. The summed E-state index contributed by atoms with van der Waals surface area (Å²) in [5.74, 6) is 0.562. The van der Waals surface area contributed by atoms with Gasteiger partial charge in [-0.05, 0) is 56.1 Å². The van der Waals surface area contributed by atoms with Crippen LogP contribution in [0, 0.1) is 0 Å². The molecule has 3 rings (SSSR count). The summed E-state index contributed by atoms with van der Waals surface area (Å²) in [6.07, 6.45) is 0. The van der Waals surface area contributed by atoms with E-state index in [0.717, 1.165) is 0 Å². The summed E-state index contributed by atoms with van der Waals surface area (Å²) >= 11 is 6.53. The number of hydrogen-bond donors (Lipinski definition) is 2. The predicted molar refractivity (Wildman–Crippen MR) is 84.9 cm³/mol. The van der Waals surface area contributed by atoms with E-state index in [1.807, 2.05) is 6.07 Å². The third-order valence-electron chi connectivity index (χ3n) is 2.90. The summed E-state index contributed by atoms with van der Waals surface area (Å²) in [4.78, 5) is 19.2. The molecule has 0 aliphatic rings. The zero-order chi connectivity index (χ0) is 14.3. The van der Waals surface area contributed by atoms with Crippen molar-refractivity contribution >= 4 is 42.8 Å². The molecule has 0 fully saturated rings. The number of phenolic OH excluding ortho intramolecular Hbond substituents is 1. The predicted octanol–water partition coefficient (Wildman–Crippen LogP) is 3.82. The summed E-state index contributed by atoms with van der Waals surface area (Å²) in [5.41, 5.74) is 1.14. The molecular formula is C14H8Br2N2O2. The van der Waals surface area contributed by atoms with Gasteiger partial charge in [0.2, 0.25) is 0 Å². The van der Waals surface area contributed by atoms with E-state index < -0.39 is 0 Å². The van der Waals surface area contributed by atoms with Crippen LogP contribution in [0.3, 0.4) is 0 Å². The fourth-order valence-corrected chi connectivity index (χ4v) is 3.11. The normalized spacial score (nSPS) is 10.9. The van der Waals surface area contributed by atoms with Gasteiger partial charge < -0.3 is 10.1 Å². The number of hydrogen-bond acceptors (Lipinski definition) is 3. The number of H-pyrrole nitrogens is 1. The maximum Gasteiger partial charge on any atom is 0.259 e. The molecule has 0 saturated heterocycles. The number of nitrogens with one attached hydrogen (secondary N) is 1. The van der Waals surface area contributed by atoms with E-state index >= 15 is 0 Å². The lowest BCUT2D eigenvalue weighted by Gasteiger charge is -2.06. The van der Waals surface area contributed by atoms with Crippen molar-refractivity contribution in [2.45, 2.75) is 0 Å². The Morgan fingerprint density at radius 3 is 2.45 bits per heavy atom. The van der Waals surface area contributed by atoms with Crippen molar-refractivity contribution < 1.29 is 5.11 Å². The molecule has 0 aliphatic carbocycles. The molecule has 0 bridgehead atoms. The number of benzene rings is 2. The number of para-hydroxylation sites is 1. The second-order valence-electron chi connectivity index (χ2n) is 4.22. The standard InChI is InChI=1S/C14H8Br2N2O2/c15-9-5-7(6-10(16)12(9)19)13-17-11-4-2-1-3-8(11)14(20)18-13/h1-6,19H,(H,17,18,20). The molecule has 2 aromatic carbocycles. The van der Waals surface area contributed by atoms with Crippen LogP contribution in [0.15, 0.2) is 50.1 Å². The van der Waals surface area contributed by atoms with Gasteiger partial charge >= 0.3 is 0 Å². The zero-order valence-electron chi connectivity index (χ0n) is 10.0. The summed E-state index contributed by atoms with van der Waals surface area (Å²) in [6, 6.07) is 10.6. The first-order chi connectivity index (χ1) is 9.56. The largest absolute Gasteiger partial charge is 0.506 e. The van der Waals surface area contributed by atoms with Crippen molar-refractivity contribution in [3.05, 3.63) is 55.7 Å². The molecule has 3 aromatic rings. The van der Waals surface area contributed by atoms with E-state index in [0.29, 0.717) is 31.2 Å². The molecule has 0 amide bonds. The van der Waals surface area contributed by atoms with Gasteiger partial charge in [-0.15, -0.1) is 0 Å². The maximum atomic E-state index is 12.0. The van der Waals surface area contributed by atoms with Gasteiger partial charge in [0, 0.05) is 5.56 Å². The second-order valence-corrected chi connectivity index (χ2v) is 5.93. The molecule has 0 aliphatic heterocycles. The van der Waals surface area contributed by atoms with E-state index in [4.69, 9.17) is 0 Å². The second kappa shape index (κ2) is 5.03. The minimum absolute atomic E-state index is 0.108. The topological polar surface area (TPSA) is 66.0 Å². The van der Waals surface area contributed by atoms with Crippen LogP contribution in [-0.4, -0.2) is 15.1 Å². The van der Waals surface area contributed by atoms with E-state index in [9.17, 15) is 9.90 Å². The lowest BCUT2D eigenvalue weighted by molar-refractivity contribution is 0.468. The van der Waals surface area contributed by atoms with Crippen molar-refractivity contribution in [1.82, 2.24) is 9.97 Å². The smallest absolute Gasteiger partial charge is 0.259 e. The van der Waals surface area contributed by atoms with Crippen molar-refractivity contribution in [1.29, 1.82) is 0 Å². The van der Waals surface area contributed by atoms with Crippen LogP contribution in [0.2, 0.25) is 0 Å². The maximum absolute atomic E-state index is 12.0. The Bertz CT molecular complexity index is 851. The van der Waals surface area contributed by atoms with Crippen LogP contribution in [-0.2, 0) is 0 Å². The molecule has 0 saturated carbocycles. The molecule has 4 nitrogen and oxygen atoms in total. The molecule has 20 heavy (non-hydrogen) atoms. The third-order valence-corrected chi connectivity index (χ3v) is 4.11. The number of aromatic hydroxyl groups is 1. The van der Waals surface area contributed by atoms with Gasteiger partial charge in [-0.25, -0.2) is 4.98 Å². The quantitative estimate of drug-likeness (QED) is 0.658. The fourth-order valence-electron chi connectivity index (χ4n) is 1.93. The Labute approximate surface area is 130 Å². The highest BCUT2D eigenvalue weighted by Gasteiger charge is 2.10. The lowest BCUT2D eigenvalue weighted by Crippen LogP contribution is -2.09.